The molecule has 116 valence electrons. The van der Waals surface area contributed by atoms with Gasteiger partial charge in [-0.15, -0.1) is 0 Å². The van der Waals surface area contributed by atoms with E-state index >= 15 is 0 Å². The van der Waals surface area contributed by atoms with Gasteiger partial charge in [0.15, 0.2) is 12.4 Å². The SMILES string of the molecule is CC(C)CCN(C)C(=O)COc1ccc(C(N)=NO)cc1. The fourth-order valence-corrected chi connectivity index (χ4v) is 1.61. The van der Waals surface area contributed by atoms with Gasteiger partial charge in [-0.3, -0.25) is 4.79 Å². The van der Waals surface area contributed by atoms with Crippen molar-refractivity contribution in [3.8, 4) is 5.75 Å². The summed E-state index contributed by atoms with van der Waals surface area (Å²) in [5.74, 6) is 1.10. The normalized spacial score (nSPS) is 11.5. The Morgan fingerprint density at radius 1 is 1.38 bits per heavy atom. The third-order valence-electron chi connectivity index (χ3n) is 3.09. The van der Waals surface area contributed by atoms with E-state index in [9.17, 15) is 4.79 Å². The fourth-order valence-electron chi connectivity index (χ4n) is 1.61. The summed E-state index contributed by atoms with van der Waals surface area (Å²) in [6.45, 7) is 4.97. The summed E-state index contributed by atoms with van der Waals surface area (Å²) in [6, 6.07) is 6.68. The summed E-state index contributed by atoms with van der Waals surface area (Å²) in [5, 5.41) is 11.5. The summed E-state index contributed by atoms with van der Waals surface area (Å²) in [7, 11) is 1.77. The van der Waals surface area contributed by atoms with Crippen LogP contribution in [0.5, 0.6) is 5.75 Å². The molecule has 1 aromatic rings. The van der Waals surface area contributed by atoms with Gasteiger partial charge in [-0.1, -0.05) is 19.0 Å². The molecule has 0 unspecified atom stereocenters. The first kappa shape index (κ1) is 16.8. The Morgan fingerprint density at radius 3 is 2.52 bits per heavy atom. The average molecular weight is 293 g/mol. The highest BCUT2D eigenvalue weighted by atomic mass is 16.5. The van der Waals surface area contributed by atoms with E-state index in [-0.39, 0.29) is 18.3 Å². The van der Waals surface area contributed by atoms with E-state index in [1.165, 1.54) is 0 Å². The molecule has 0 saturated carbocycles. The van der Waals surface area contributed by atoms with Gasteiger partial charge in [0.1, 0.15) is 5.75 Å². The van der Waals surface area contributed by atoms with Gasteiger partial charge in [-0.25, -0.2) is 0 Å². The second-order valence-corrected chi connectivity index (χ2v) is 5.30. The lowest BCUT2D eigenvalue weighted by atomic mass is 10.1. The van der Waals surface area contributed by atoms with Crippen molar-refractivity contribution in [3.05, 3.63) is 29.8 Å². The number of amidine groups is 1. The maximum atomic E-state index is 11.9. The number of hydrogen-bond acceptors (Lipinski definition) is 4. The lowest BCUT2D eigenvalue weighted by molar-refractivity contribution is -0.132. The zero-order valence-corrected chi connectivity index (χ0v) is 12.7. The monoisotopic (exact) mass is 293 g/mol. The molecule has 6 heteroatoms. The Labute approximate surface area is 125 Å². The zero-order chi connectivity index (χ0) is 15.8. The number of benzene rings is 1. The molecule has 0 radical (unpaired) electrons. The smallest absolute Gasteiger partial charge is 0.260 e. The average Bonchev–Trinajstić information content (AvgIpc) is 2.49. The van der Waals surface area contributed by atoms with Gasteiger partial charge in [-0.05, 0) is 36.6 Å². The third kappa shape index (κ3) is 5.72. The molecule has 0 heterocycles. The highest BCUT2D eigenvalue weighted by Crippen LogP contribution is 2.12. The van der Waals surface area contributed by atoms with Crippen LogP contribution in [0.25, 0.3) is 0 Å². The Balaban J connectivity index is 2.46. The van der Waals surface area contributed by atoms with E-state index in [1.807, 2.05) is 0 Å². The maximum Gasteiger partial charge on any atom is 0.260 e. The molecule has 0 aliphatic carbocycles. The number of carbonyl (C=O) groups excluding carboxylic acids is 1. The number of hydrogen-bond donors (Lipinski definition) is 2. The number of likely N-dealkylation sites (N-methyl/N-ethyl adjacent to an activating group) is 1. The molecule has 0 saturated heterocycles. The summed E-state index contributed by atoms with van der Waals surface area (Å²) in [5.41, 5.74) is 6.05. The molecule has 0 bridgehead atoms. The van der Waals surface area contributed by atoms with Crippen LogP contribution in [0.3, 0.4) is 0 Å². The summed E-state index contributed by atoms with van der Waals surface area (Å²) in [4.78, 5) is 13.6. The van der Waals surface area contributed by atoms with E-state index in [2.05, 4.69) is 19.0 Å². The number of ether oxygens (including phenoxy) is 1. The number of nitrogens with zero attached hydrogens (tertiary/aromatic N) is 2. The Hall–Kier alpha value is -2.24. The van der Waals surface area contributed by atoms with Crippen molar-refractivity contribution in [2.24, 2.45) is 16.8 Å². The van der Waals surface area contributed by atoms with Crippen LogP contribution in [0.1, 0.15) is 25.8 Å². The van der Waals surface area contributed by atoms with Gasteiger partial charge in [-0.2, -0.15) is 0 Å². The van der Waals surface area contributed by atoms with Gasteiger partial charge in [0.2, 0.25) is 0 Å². The van der Waals surface area contributed by atoms with Crippen molar-refractivity contribution < 1.29 is 14.7 Å². The van der Waals surface area contributed by atoms with Gasteiger partial charge in [0.05, 0.1) is 0 Å². The van der Waals surface area contributed by atoms with Crippen molar-refractivity contribution in [2.45, 2.75) is 20.3 Å². The predicted octanol–water partition coefficient (Wildman–Crippen LogP) is 1.66. The number of nitrogens with two attached hydrogens (primary N) is 1. The standard InChI is InChI=1S/C15H23N3O3/c1-11(2)8-9-18(3)14(19)10-21-13-6-4-12(5-7-13)15(16)17-20/h4-7,11,20H,8-10H2,1-3H3,(H2,16,17). The maximum absolute atomic E-state index is 11.9. The van der Waals surface area contributed by atoms with Crippen LogP contribution >= 0.6 is 0 Å². The first-order chi connectivity index (χ1) is 9.93. The van der Waals surface area contributed by atoms with Crippen molar-refractivity contribution >= 4 is 11.7 Å². The third-order valence-corrected chi connectivity index (χ3v) is 3.09. The Kier molecular flexibility index (Phi) is 6.52. The van der Waals surface area contributed by atoms with E-state index < -0.39 is 0 Å². The molecule has 3 N–H and O–H groups in total. The number of amides is 1. The molecule has 0 aliphatic heterocycles. The van der Waals surface area contributed by atoms with Gasteiger partial charge in [0, 0.05) is 19.2 Å². The Morgan fingerprint density at radius 2 is 2.00 bits per heavy atom. The van der Waals surface area contributed by atoms with Crippen LogP contribution in [0.4, 0.5) is 0 Å². The van der Waals surface area contributed by atoms with E-state index in [1.54, 1.807) is 36.2 Å². The summed E-state index contributed by atoms with van der Waals surface area (Å²) >= 11 is 0. The topological polar surface area (TPSA) is 88.2 Å². The largest absolute Gasteiger partial charge is 0.484 e. The number of oxime groups is 1. The lowest BCUT2D eigenvalue weighted by Crippen LogP contribution is -2.32. The van der Waals surface area contributed by atoms with Crippen LogP contribution in [-0.4, -0.2) is 42.0 Å². The molecule has 0 atom stereocenters. The zero-order valence-electron chi connectivity index (χ0n) is 12.7. The van der Waals surface area contributed by atoms with Crippen molar-refractivity contribution in [3.63, 3.8) is 0 Å². The molecule has 1 rings (SSSR count). The number of rotatable bonds is 7. The minimum atomic E-state index is -0.0591. The van der Waals surface area contributed by atoms with Crippen LogP contribution in [0.2, 0.25) is 0 Å². The van der Waals surface area contributed by atoms with Crippen LogP contribution in [-0.2, 0) is 4.79 Å². The minimum Gasteiger partial charge on any atom is -0.484 e. The van der Waals surface area contributed by atoms with Crippen molar-refractivity contribution in [1.29, 1.82) is 0 Å². The molecule has 21 heavy (non-hydrogen) atoms. The van der Waals surface area contributed by atoms with Gasteiger partial charge >= 0.3 is 0 Å². The van der Waals surface area contributed by atoms with Crippen LogP contribution in [0, 0.1) is 5.92 Å². The van der Waals surface area contributed by atoms with E-state index in [0.717, 1.165) is 13.0 Å². The quantitative estimate of drug-likeness (QED) is 0.346. The predicted molar refractivity (Wildman–Crippen MR) is 81.5 cm³/mol. The Bertz CT molecular complexity index is 483. The highest BCUT2D eigenvalue weighted by Gasteiger charge is 2.10. The summed E-state index contributed by atoms with van der Waals surface area (Å²) in [6.07, 6.45) is 0.969. The lowest BCUT2D eigenvalue weighted by Gasteiger charge is -2.18. The van der Waals surface area contributed by atoms with Gasteiger partial charge < -0.3 is 20.6 Å². The first-order valence-corrected chi connectivity index (χ1v) is 6.88. The van der Waals surface area contributed by atoms with E-state index in [4.69, 9.17) is 15.7 Å². The molecule has 6 nitrogen and oxygen atoms in total. The molecule has 0 aliphatic rings. The van der Waals surface area contributed by atoms with Crippen molar-refractivity contribution in [2.75, 3.05) is 20.2 Å². The minimum absolute atomic E-state index is 0.00247. The molecule has 0 aromatic heterocycles. The molecular formula is C15H23N3O3. The first-order valence-electron chi connectivity index (χ1n) is 6.88. The highest BCUT2D eigenvalue weighted by molar-refractivity contribution is 5.97. The van der Waals surface area contributed by atoms with E-state index in [0.29, 0.717) is 17.2 Å². The molecule has 1 aromatic carbocycles. The molecule has 1 amide bonds. The van der Waals surface area contributed by atoms with Crippen LogP contribution < -0.4 is 10.5 Å². The second kappa shape index (κ2) is 8.14. The summed E-state index contributed by atoms with van der Waals surface area (Å²) < 4.78 is 5.43. The molecule has 0 fully saturated rings. The molecule has 0 spiro atoms. The number of carbonyl (C=O) groups is 1. The second-order valence-electron chi connectivity index (χ2n) is 5.30. The van der Waals surface area contributed by atoms with Crippen LogP contribution in [0.15, 0.2) is 29.4 Å². The van der Waals surface area contributed by atoms with Gasteiger partial charge in [0.25, 0.3) is 5.91 Å². The van der Waals surface area contributed by atoms with Crippen molar-refractivity contribution in [1.82, 2.24) is 4.90 Å². The molecular weight excluding hydrogens is 270 g/mol. The fraction of sp³-hybridized carbons (Fsp3) is 0.467.